The number of hydrogen-bond donors (Lipinski definition) is 2. The predicted molar refractivity (Wildman–Crippen MR) is 90.3 cm³/mol. The number of nitrogens with zero attached hydrogens (tertiary/aromatic N) is 1. The van der Waals surface area contributed by atoms with E-state index in [9.17, 15) is 14.7 Å². The molecule has 2 aromatic rings. The number of benzene rings is 2. The lowest BCUT2D eigenvalue weighted by Gasteiger charge is -2.12. The molecular formula is C18H18N2O3. The summed E-state index contributed by atoms with van der Waals surface area (Å²) in [7, 11) is 3.85. The smallest absolute Gasteiger partial charge is 0.352 e. The predicted octanol–water partition coefficient (Wildman–Crippen LogP) is 2.61. The first-order chi connectivity index (χ1) is 11.0. The zero-order valence-corrected chi connectivity index (χ0v) is 13.0. The average Bonchev–Trinajstić information content (AvgIpc) is 2.55. The van der Waals surface area contributed by atoms with Gasteiger partial charge in [-0.15, -0.1) is 0 Å². The second-order valence-corrected chi connectivity index (χ2v) is 5.17. The molecule has 1 amide bonds. The van der Waals surface area contributed by atoms with Gasteiger partial charge in [0.25, 0.3) is 5.91 Å². The van der Waals surface area contributed by atoms with Crippen LogP contribution in [0.1, 0.15) is 15.9 Å². The lowest BCUT2D eigenvalue weighted by atomic mass is 10.1. The molecule has 0 aliphatic carbocycles. The van der Waals surface area contributed by atoms with Gasteiger partial charge in [0.05, 0.1) is 0 Å². The van der Waals surface area contributed by atoms with Crippen LogP contribution in [-0.4, -0.2) is 31.1 Å². The second kappa shape index (κ2) is 7.26. The minimum atomic E-state index is -1.19. The minimum Gasteiger partial charge on any atom is -0.477 e. The number of carboxylic acids is 1. The zero-order chi connectivity index (χ0) is 16.8. The fraction of sp³-hybridized carbons (Fsp3) is 0.111. The van der Waals surface area contributed by atoms with Crippen LogP contribution < -0.4 is 10.2 Å². The maximum Gasteiger partial charge on any atom is 0.352 e. The molecule has 0 aromatic heterocycles. The van der Waals surface area contributed by atoms with Gasteiger partial charge in [-0.2, -0.15) is 0 Å². The Kier molecular flexibility index (Phi) is 5.15. The van der Waals surface area contributed by atoms with Crippen molar-refractivity contribution in [3.05, 3.63) is 71.4 Å². The molecule has 0 aliphatic rings. The van der Waals surface area contributed by atoms with Crippen molar-refractivity contribution in [2.75, 3.05) is 19.0 Å². The molecule has 0 atom stereocenters. The SMILES string of the molecule is CN(C)c1ccc(C=C(NC(=O)c2ccccc2)C(=O)O)cc1. The summed E-state index contributed by atoms with van der Waals surface area (Å²) >= 11 is 0. The van der Waals surface area contributed by atoms with E-state index < -0.39 is 11.9 Å². The number of hydrogen-bond acceptors (Lipinski definition) is 3. The molecule has 0 fully saturated rings. The summed E-state index contributed by atoms with van der Waals surface area (Å²) in [5.74, 6) is -1.64. The van der Waals surface area contributed by atoms with Crippen LogP contribution in [0.25, 0.3) is 6.08 Å². The van der Waals surface area contributed by atoms with E-state index in [1.165, 1.54) is 6.08 Å². The fourth-order valence-corrected chi connectivity index (χ4v) is 1.97. The van der Waals surface area contributed by atoms with Crippen LogP contribution in [-0.2, 0) is 4.79 Å². The lowest BCUT2D eigenvalue weighted by Crippen LogP contribution is -2.27. The highest BCUT2D eigenvalue weighted by molar-refractivity contribution is 6.02. The second-order valence-electron chi connectivity index (χ2n) is 5.17. The van der Waals surface area contributed by atoms with Crippen LogP contribution in [0.15, 0.2) is 60.3 Å². The molecule has 0 heterocycles. The molecule has 0 saturated heterocycles. The van der Waals surface area contributed by atoms with Crippen LogP contribution in [0.4, 0.5) is 5.69 Å². The number of amides is 1. The van der Waals surface area contributed by atoms with E-state index >= 15 is 0 Å². The van der Waals surface area contributed by atoms with E-state index in [1.54, 1.807) is 42.5 Å². The first-order valence-electron chi connectivity index (χ1n) is 7.06. The standard InChI is InChI=1S/C18H18N2O3/c1-20(2)15-10-8-13(9-11-15)12-16(18(22)23)19-17(21)14-6-4-3-5-7-14/h3-12H,1-2H3,(H,19,21)(H,22,23). The zero-order valence-electron chi connectivity index (χ0n) is 13.0. The molecule has 118 valence electrons. The van der Waals surface area contributed by atoms with Gasteiger partial charge in [-0.1, -0.05) is 30.3 Å². The van der Waals surface area contributed by atoms with E-state index in [4.69, 9.17) is 0 Å². The Hall–Kier alpha value is -3.08. The van der Waals surface area contributed by atoms with Gasteiger partial charge in [-0.05, 0) is 35.9 Å². The Balaban J connectivity index is 2.21. The van der Waals surface area contributed by atoms with Crippen molar-refractivity contribution in [1.82, 2.24) is 5.32 Å². The quantitative estimate of drug-likeness (QED) is 0.833. The molecule has 0 saturated carbocycles. The number of carbonyl (C=O) groups excluding carboxylic acids is 1. The Labute approximate surface area is 134 Å². The third-order valence-electron chi connectivity index (χ3n) is 3.24. The topological polar surface area (TPSA) is 69.6 Å². The average molecular weight is 310 g/mol. The number of aliphatic carboxylic acids is 1. The number of carbonyl (C=O) groups is 2. The normalized spacial score (nSPS) is 11.0. The maximum atomic E-state index is 12.1. The van der Waals surface area contributed by atoms with Crippen molar-refractivity contribution >= 4 is 23.6 Å². The van der Waals surface area contributed by atoms with E-state index in [0.717, 1.165) is 5.69 Å². The Bertz CT molecular complexity index is 720. The minimum absolute atomic E-state index is 0.170. The molecule has 5 heteroatoms. The lowest BCUT2D eigenvalue weighted by molar-refractivity contribution is -0.132. The highest BCUT2D eigenvalue weighted by atomic mass is 16.4. The fourth-order valence-electron chi connectivity index (χ4n) is 1.97. The molecule has 0 spiro atoms. The van der Waals surface area contributed by atoms with Gasteiger partial charge in [0.15, 0.2) is 0 Å². The monoisotopic (exact) mass is 310 g/mol. The molecule has 0 bridgehead atoms. The summed E-state index contributed by atoms with van der Waals surface area (Å²) in [6.07, 6.45) is 1.43. The highest BCUT2D eigenvalue weighted by Gasteiger charge is 2.13. The van der Waals surface area contributed by atoms with Crippen molar-refractivity contribution < 1.29 is 14.7 Å². The van der Waals surface area contributed by atoms with Crippen LogP contribution in [0.5, 0.6) is 0 Å². The van der Waals surface area contributed by atoms with Gasteiger partial charge in [-0.3, -0.25) is 4.79 Å². The number of nitrogens with one attached hydrogen (secondary N) is 1. The Morgan fingerprint density at radius 2 is 1.61 bits per heavy atom. The molecule has 23 heavy (non-hydrogen) atoms. The summed E-state index contributed by atoms with van der Waals surface area (Å²) in [6.45, 7) is 0. The van der Waals surface area contributed by atoms with Gasteiger partial charge >= 0.3 is 5.97 Å². The largest absolute Gasteiger partial charge is 0.477 e. The van der Waals surface area contributed by atoms with E-state index in [1.807, 2.05) is 31.1 Å². The van der Waals surface area contributed by atoms with Crippen LogP contribution in [0, 0.1) is 0 Å². The number of carboxylic acid groups (broad SMARTS) is 1. The highest BCUT2D eigenvalue weighted by Crippen LogP contribution is 2.14. The summed E-state index contributed by atoms with van der Waals surface area (Å²) in [6, 6.07) is 15.8. The van der Waals surface area contributed by atoms with Crippen LogP contribution >= 0.6 is 0 Å². The first kappa shape index (κ1) is 16.3. The molecule has 0 aliphatic heterocycles. The third-order valence-corrected chi connectivity index (χ3v) is 3.24. The summed E-state index contributed by atoms with van der Waals surface area (Å²) < 4.78 is 0. The van der Waals surface area contributed by atoms with Gasteiger partial charge in [0.2, 0.25) is 0 Å². The Morgan fingerprint density at radius 1 is 1.00 bits per heavy atom. The molecule has 5 nitrogen and oxygen atoms in total. The summed E-state index contributed by atoms with van der Waals surface area (Å²) in [4.78, 5) is 25.4. The molecule has 0 unspecified atom stereocenters. The summed E-state index contributed by atoms with van der Waals surface area (Å²) in [5.41, 5.74) is 1.94. The molecular weight excluding hydrogens is 292 g/mol. The number of rotatable bonds is 5. The van der Waals surface area contributed by atoms with E-state index in [0.29, 0.717) is 11.1 Å². The maximum absolute atomic E-state index is 12.1. The molecule has 0 radical (unpaired) electrons. The van der Waals surface area contributed by atoms with Crippen molar-refractivity contribution in [2.45, 2.75) is 0 Å². The molecule has 2 aromatic carbocycles. The molecule has 2 N–H and O–H groups in total. The third kappa shape index (κ3) is 4.44. The van der Waals surface area contributed by atoms with Gasteiger partial charge in [-0.25, -0.2) is 4.79 Å². The van der Waals surface area contributed by atoms with Crippen molar-refractivity contribution in [1.29, 1.82) is 0 Å². The van der Waals surface area contributed by atoms with Crippen molar-refractivity contribution in [3.63, 3.8) is 0 Å². The van der Waals surface area contributed by atoms with E-state index in [-0.39, 0.29) is 5.70 Å². The molecule has 2 rings (SSSR count). The van der Waals surface area contributed by atoms with Crippen LogP contribution in [0.3, 0.4) is 0 Å². The van der Waals surface area contributed by atoms with Gasteiger partial charge in [0.1, 0.15) is 5.70 Å². The Morgan fingerprint density at radius 3 is 2.13 bits per heavy atom. The van der Waals surface area contributed by atoms with Gasteiger partial charge < -0.3 is 15.3 Å². The summed E-state index contributed by atoms with van der Waals surface area (Å²) in [5, 5.41) is 11.7. The van der Waals surface area contributed by atoms with Crippen molar-refractivity contribution in [2.24, 2.45) is 0 Å². The number of anilines is 1. The van der Waals surface area contributed by atoms with E-state index in [2.05, 4.69) is 5.32 Å². The van der Waals surface area contributed by atoms with Gasteiger partial charge in [0, 0.05) is 25.3 Å². The van der Waals surface area contributed by atoms with Crippen molar-refractivity contribution in [3.8, 4) is 0 Å². The first-order valence-corrected chi connectivity index (χ1v) is 7.06. The van der Waals surface area contributed by atoms with Crippen LogP contribution in [0.2, 0.25) is 0 Å².